The molecule has 1 N–H and O–H groups in total. The summed E-state index contributed by atoms with van der Waals surface area (Å²) in [7, 11) is 1.53. The fourth-order valence-electron chi connectivity index (χ4n) is 0.986. The van der Waals surface area contributed by atoms with Crippen molar-refractivity contribution < 1.29 is 13.6 Å². The van der Waals surface area contributed by atoms with E-state index in [9.17, 15) is 13.6 Å². The first-order chi connectivity index (χ1) is 7.15. The topological polar surface area (TPSA) is 29.1 Å². The monoisotopic (exact) mass is 231 g/mol. The highest BCUT2D eigenvalue weighted by atomic mass is 32.2. The number of rotatable bonds is 4. The standard InChI is InChI=1S/C10H11F2NOS/c1-13-9(14)6-15-5-7-3-2-4-8(11)10(7)12/h2-4H,5-6H2,1H3,(H,13,14). The Bertz CT molecular complexity index is 357. The molecule has 1 amide bonds. The van der Waals surface area contributed by atoms with E-state index in [0.717, 1.165) is 6.07 Å². The first-order valence-electron chi connectivity index (χ1n) is 4.36. The molecule has 0 aliphatic heterocycles. The van der Waals surface area contributed by atoms with E-state index >= 15 is 0 Å². The highest BCUT2D eigenvalue weighted by Crippen LogP contribution is 2.17. The number of hydrogen-bond donors (Lipinski definition) is 1. The molecule has 0 unspecified atom stereocenters. The van der Waals surface area contributed by atoms with Crippen LogP contribution in [0.15, 0.2) is 18.2 Å². The van der Waals surface area contributed by atoms with Crippen molar-refractivity contribution in [2.24, 2.45) is 0 Å². The van der Waals surface area contributed by atoms with Gasteiger partial charge in [-0.05, 0) is 6.07 Å². The third kappa shape index (κ3) is 3.51. The summed E-state index contributed by atoms with van der Waals surface area (Å²) in [6.45, 7) is 0. The molecule has 0 spiro atoms. The molecule has 0 saturated heterocycles. The van der Waals surface area contributed by atoms with Crippen LogP contribution in [0.4, 0.5) is 8.78 Å². The third-order valence-corrected chi connectivity index (χ3v) is 2.78. The van der Waals surface area contributed by atoms with Crippen LogP contribution in [-0.2, 0) is 10.5 Å². The molecule has 0 aliphatic carbocycles. The van der Waals surface area contributed by atoms with Crippen LogP contribution in [0, 0.1) is 11.6 Å². The first-order valence-corrected chi connectivity index (χ1v) is 5.52. The smallest absolute Gasteiger partial charge is 0.229 e. The van der Waals surface area contributed by atoms with Gasteiger partial charge in [0.1, 0.15) is 0 Å². The summed E-state index contributed by atoms with van der Waals surface area (Å²) in [5.41, 5.74) is 0.281. The van der Waals surface area contributed by atoms with Crippen molar-refractivity contribution in [3.05, 3.63) is 35.4 Å². The van der Waals surface area contributed by atoms with Crippen molar-refractivity contribution >= 4 is 17.7 Å². The molecule has 15 heavy (non-hydrogen) atoms. The van der Waals surface area contributed by atoms with Crippen molar-refractivity contribution in [3.63, 3.8) is 0 Å². The highest BCUT2D eigenvalue weighted by molar-refractivity contribution is 7.99. The van der Waals surface area contributed by atoms with Crippen molar-refractivity contribution in [3.8, 4) is 0 Å². The molecular formula is C10H11F2NOS. The molecule has 0 heterocycles. The van der Waals surface area contributed by atoms with Gasteiger partial charge in [-0.2, -0.15) is 0 Å². The third-order valence-electron chi connectivity index (χ3n) is 1.80. The Morgan fingerprint density at radius 1 is 1.47 bits per heavy atom. The lowest BCUT2D eigenvalue weighted by molar-refractivity contribution is -0.118. The molecule has 0 aromatic heterocycles. The van der Waals surface area contributed by atoms with E-state index in [0.29, 0.717) is 0 Å². The molecule has 2 nitrogen and oxygen atoms in total. The Labute approximate surface area is 91.1 Å². The number of thioether (sulfide) groups is 1. The van der Waals surface area contributed by atoms with Crippen molar-refractivity contribution in [1.82, 2.24) is 5.32 Å². The fourth-order valence-corrected chi connectivity index (χ4v) is 1.86. The highest BCUT2D eigenvalue weighted by Gasteiger charge is 2.07. The first kappa shape index (κ1) is 12.0. The van der Waals surface area contributed by atoms with E-state index in [2.05, 4.69) is 5.32 Å². The number of halogens is 2. The number of carbonyl (C=O) groups is 1. The summed E-state index contributed by atoms with van der Waals surface area (Å²) in [5, 5.41) is 2.45. The summed E-state index contributed by atoms with van der Waals surface area (Å²) < 4.78 is 25.9. The average molecular weight is 231 g/mol. The van der Waals surface area contributed by atoms with Crippen LogP contribution < -0.4 is 5.32 Å². The lowest BCUT2D eigenvalue weighted by Gasteiger charge is -2.03. The quantitative estimate of drug-likeness (QED) is 0.858. The van der Waals surface area contributed by atoms with Gasteiger partial charge in [-0.15, -0.1) is 11.8 Å². The second-order valence-corrected chi connectivity index (χ2v) is 3.86. The molecule has 0 atom stereocenters. The van der Waals surface area contributed by atoms with Gasteiger partial charge in [0.15, 0.2) is 11.6 Å². The zero-order valence-corrected chi connectivity index (χ0v) is 9.04. The van der Waals surface area contributed by atoms with Crippen molar-refractivity contribution in [1.29, 1.82) is 0 Å². The largest absolute Gasteiger partial charge is 0.358 e. The van der Waals surface area contributed by atoms with Crippen molar-refractivity contribution in [2.75, 3.05) is 12.8 Å². The van der Waals surface area contributed by atoms with E-state index in [1.54, 1.807) is 0 Å². The number of carbonyl (C=O) groups excluding carboxylic acids is 1. The molecule has 0 radical (unpaired) electrons. The number of hydrogen-bond acceptors (Lipinski definition) is 2. The second kappa shape index (κ2) is 5.70. The minimum atomic E-state index is -0.854. The van der Waals surface area contributed by atoms with Crippen LogP contribution in [0.5, 0.6) is 0 Å². The molecule has 0 bridgehead atoms. The fraction of sp³-hybridized carbons (Fsp3) is 0.300. The molecule has 0 saturated carbocycles. The van der Waals surface area contributed by atoms with Gasteiger partial charge in [-0.3, -0.25) is 4.79 Å². The van der Waals surface area contributed by atoms with E-state index < -0.39 is 11.6 Å². The van der Waals surface area contributed by atoms with Gasteiger partial charge in [-0.1, -0.05) is 12.1 Å². The predicted octanol–water partition coefficient (Wildman–Crippen LogP) is 1.94. The number of amides is 1. The molecule has 5 heteroatoms. The summed E-state index contributed by atoms with van der Waals surface area (Å²) in [4.78, 5) is 10.9. The molecule has 1 aromatic carbocycles. The molecular weight excluding hydrogens is 220 g/mol. The zero-order valence-electron chi connectivity index (χ0n) is 8.22. The van der Waals surface area contributed by atoms with Gasteiger partial charge in [0.05, 0.1) is 5.75 Å². The van der Waals surface area contributed by atoms with E-state index in [1.807, 2.05) is 0 Å². The van der Waals surface area contributed by atoms with Gasteiger partial charge < -0.3 is 5.32 Å². The lowest BCUT2D eigenvalue weighted by Crippen LogP contribution is -2.19. The van der Waals surface area contributed by atoms with Crippen LogP contribution in [0.25, 0.3) is 0 Å². The Hall–Kier alpha value is -1.10. The molecule has 1 rings (SSSR count). The zero-order chi connectivity index (χ0) is 11.3. The maximum atomic E-state index is 13.1. The minimum absolute atomic E-state index is 0.128. The van der Waals surface area contributed by atoms with Crippen LogP contribution in [0.2, 0.25) is 0 Å². The molecule has 0 aliphatic rings. The van der Waals surface area contributed by atoms with E-state index in [4.69, 9.17) is 0 Å². The van der Waals surface area contributed by atoms with E-state index in [-0.39, 0.29) is 23.0 Å². The van der Waals surface area contributed by atoms with E-state index in [1.165, 1.54) is 30.9 Å². The predicted molar refractivity (Wildman–Crippen MR) is 56.6 cm³/mol. The number of benzene rings is 1. The van der Waals surface area contributed by atoms with Crippen molar-refractivity contribution in [2.45, 2.75) is 5.75 Å². The maximum Gasteiger partial charge on any atom is 0.229 e. The average Bonchev–Trinajstić information content (AvgIpc) is 2.24. The van der Waals surface area contributed by atoms with Gasteiger partial charge in [-0.25, -0.2) is 8.78 Å². The van der Waals surface area contributed by atoms with Crippen LogP contribution >= 0.6 is 11.8 Å². The van der Waals surface area contributed by atoms with Gasteiger partial charge in [0, 0.05) is 18.4 Å². The van der Waals surface area contributed by atoms with Crippen LogP contribution in [0.3, 0.4) is 0 Å². The Morgan fingerprint density at radius 2 is 2.20 bits per heavy atom. The Kier molecular flexibility index (Phi) is 4.55. The Morgan fingerprint density at radius 3 is 2.87 bits per heavy atom. The summed E-state index contributed by atoms with van der Waals surface area (Å²) in [5.74, 6) is -1.28. The Balaban J connectivity index is 2.51. The lowest BCUT2D eigenvalue weighted by atomic mass is 10.2. The van der Waals surface area contributed by atoms with Gasteiger partial charge >= 0.3 is 0 Å². The maximum absolute atomic E-state index is 13.1. The number of nitrogens with one attached hydrogen (secondary N) is 1. The molecule has 1 aromatic rings. The van der Waals surface area contributed by atoms with Gasteiger partial charge in [0.2, 0.25) is 5.91 Å². The normalized spacial score (nSPS) is 10.1. The summed E-state index contributed by atoms with van der Waals surface area (Å²) in [6, 6.07) is 4.03. The summed E-state index contributed by atoms with van der Waals surface area (Å²) >= 11 is 1.24. The molecule has 82 valence electrons. The summed E-state index contributed by atoms with van der Waals surface area (Å²) in [6.07, 6.45) is 0. The van der Waals surface area contributed by atoms with Gasteiger partial charge in [0.25, 0.3) is 0 Å². The SMILES string of the molecule is CNC(=O)CSCc1cccc(F)c1F. The second-order valence-electron chi connectivity index (χ2n) is 2.88. The van der Waals surface area contributed by atoms with Crippen LogP contribution in [0.1, 0.15) is 5.56 Å². The van der Waals surface area contributed by atoms with Crippen LogP contribution in [-0.4, -0.2) is 18.7 Å². The minimum Gasteiger partial charge on any atom is -0.358 e. The molecule has 0 fully saturated rings.